The van der Waals surface area contributed by atoms with Gasteiger partial charge in [0.05, 0.1) is 11.4 Å². The average Bonchev–Trinajstić information content (AvgIpc) is 3.30. The van der Waals surface area contributed by atoms with Crippen molar-refractivity contribution in [3.8, 4) is 16.9 Å². The first kappa shape index (κ1) is 22.3. The molecule has 3 aromatic carbocycles. The van der Waals surface area contributed by atoms with E-state index < -0.39 is 0 Å². The molecule has 0 atom stereocenters. The summed E-state index contributed by atoms with van der Waals surface area (Å²) < 4.78 is 16.1. The van der Waals surface area contributed by atoms with E-state index >= 15 is 0 Å². The molecule has 0 spiro atoms. The first-order valence-corrected chi connectivity index (χ1v) is 11.6. The molecule has 0 bridgehead atoms. The summed E-state index contributed by atoms with van der Waals surface area (Å²) in [7, 11) is 0. The third-order valence-electron chi connectivity index (χ3n) is 6.04. The Kier molecular flexibility index (Phi) is 6.43. The Morgan fingerprint density at radius 2 is 1.62 bits per heavy atom. The molecule has 1 aliphatic heterocycles. The van der Waals surface area contributed by atoms with Gasteiger partial charge in [-0.2, -0.15) is 5.10 Å². The van der Waals surface area contributed by atoms with E-state index in [2.05, 4.69) is 22.1 Å². The minimum atomic E-state index is -0.383. The molecule has 0 unspecified atom stereocenters. The topological polar surface area (TPSA) is 41.4 Å². The average molecular weight is 475 g/mol. The maximum atomic E-state index is 14.5. The second-order valence-electron chi connectivity index (χ2n) is 8.34. The summed E-state index contributed by atoms with van der Waals surface area (Å²) in [5.41, 5.74) is 3.06. The molecule has 4 aromatic rings. The minimum Gasteiger partial charge on any atom is -0.335 e. The van der Waals surface area contributed by atoms with Crippen molar-refractivity contribution >= 4 is 17.5 Å². The number of hydrogen-bond donors (Lipinski definition) is 0. The highest BCUT2D eigenvalue weighted by atomic mass is 35.5. The van der Waals surface area contributed by atoms with Gasteiger partial charge in [0.15, 0.2) is 0 Å². The van der Waals surface area contributed by atoms with Gasteiger partial charge >= 0.3 is 0 Å². The summed E-state index contributed by atoms with van der Waals surface area (Å²) in [6.45, 7) is 3.65. The predicted molar refractivity (Wildman–Crippen MR) is 132 cm³/mol. The van der Waals surface area contributed by atoms with Crippen LogP contribution < -0.4 is 0 Å². The fraction of sp³-hybridized carbons (Fsp3) is 0.185. The number of carbonyl (C=O) groups is 1. The van der Waals surface area contributed by atoms with Crippen molar-refractivity contribution in [2.24, 2.45) is 0 Å². The number of piperazine rings is 1. The van der Waals surface area contributed by atoms with Crippen molar-refractivity contribution in [3.05, 3.63) is 107 Å². The van der Waals surface area contributed by atoms with Gasteiger partial charge in [0, 0.05) is 43.3 Å². The molecule has 5 nitrogen and oxygen atoms in total. The van der Waals surface area contributed by atoms with Gasteiger partial charge in [0.2, 0.25) is 0 Å². The van der Waals surface area contributed by atoms with Crippen LogP contribution in [0.1, 0.15) is 16.1 Å². The Labute approximate surface area is 203 Å². The maximum absolute atomic E-state index is 14.5. The highest BCUT2D eigenvalue weighted by Crippen LogP contribution is 2.26. The van der Waals surface area contributed by atoms with Gasteiger partial charge in [0.1, 0.15) is 11.5 Å². The molecule has 34 heavy (non-hydrogen) atoms. The molecular weight excluding hydrogens is 451 g/mol. The quantitative estimate of drug-likeness (QED) is 0.394. The Morgan fingerprint density at radius 3 is 2.35 bits per heavy atom. The molecule has 1 amide bonds. The zero-order valence-electron chi connectivity index (χ0n) is 18.6. The monoisotopic (exact) mass is 474 g/mol. The summed E-state index contributed by atoms with van der Waals surface area (Å²) in [5.74, 6) is -0.513. The number of aromatic nitrogens is 2. The number of carbonyl (C=O) groups excluding carboxylic acids is 1. The summed E-state index contributed by atoms with van der Waals surface area (Å²) in [5, 5.41) is 5.13. The van der Waals surface area contributed by atoms with Crippen LogP contribution in [0.5, 0.6) is 0 Å². The number of halogens is 2. The normalized spacial score (nSPS) is 14.4. The molecule has 0 saturated carbocycles. The smallest absolute Gasteiger partial charge is 0.272 e. The number of nitrogens with zero attached hydrogens (tertiary/aromatic N) is 4. The van der Waals surface area contributed by atoms with Gasteiger partial charge in [-0.25, -0.2) is 9.07 Å². The Balaban J connectivity index is 1.41. The SMILES string of the molecule is O=C(c1cc(-c2ccccc2F)nn1-c1cccc(Cl)c1)N1CCN(Cc2ccccc2)CC1. The largest absolute Gasteiger partial charge is 0.335 e. The fourth-order valence-electron chi connectivity index (χ4n) is 4.25. The predicted octanol–water partition coefficient (Wildman–Crippen LogP) is 5.29. The molecule has 1 aromatic heterocycles. The third kappa shape index (κ3) is 4.74. The van der Waals surface area contributed by atoms with E-state index in [4.69, 9.17) is 11.6 Å². The Morgan fingerprint density at radius 1 is 0.882 bits per heavy atom. The standard InChI is InChI=1S/C27H24ClFN4O/c28-21-9-6-10-22(17-21)33-26(18-25(30-33)23-11-4-5-12-24(23)29)27(34)32-15-13-31(14-16-32)19-20-7-2-1-3-8-20/h1-12,17-18H,13-16,19H2. The summed E-state index contributed by atoms with van der Waals surface area (Å²) in [6, 6.07) is 25.6. The van der Waals surface area contributed by atoms with E-state index in [1.165, 1.54) is 11.6 Å². The molecule has 5 rings (SSSR count). The minimum absolute atomic E-state index is 0.130. The number of amides is 1. The molecule has 1 aliphatic rings. The zero-order chi connectivity index (χ0) is 23.5. The second-order valence-corrected chi connectivity index (χ2v) is 8.78. The van der Waals surface area contributed by atoms with Crippen LogP contribution in [0, 0.1) is 5.82 Å². The lowest BCUT2D eigenvalue weighted by molar-refractivity contribution is 0.0619. The summed E-state index contributed by atoms with van der Waals surface area (Å²) >= 11 is 6.20. The molecule has 172 valence electrons. The highest BCUT2D eigenvalue weighted by Gasteiger charge is 2.27. The van der Waals surface area contributed by atoms with Crippen LogP contribution in [0.25, 0.3) is 16.9 Å². The molecule has 0 N–H and O–H groups in total. The van der Waals surface area contributed by atoms with Crippen molar-refractivity contribution in [2.45, 2.75) is 6.54 Å². The lowest BCUT2D eigenvalue weighted by atomic mass is 10.1. The van der Waals surface area contributed by atoms with Crippen molar-refractivity contribution in [1.29, 1.82) is 0 Å². The van der Waals surface area contributed by atoms with Gasteiger partial charge in [0.25, 0.3) is 5.91 Å². The highest BCUT2D eigenvalue weighted by molar-refractivity contribution is 6.30. The zero-order valence-corrected chi connectivity index (χ0v) is 19.3. The molecule has 2 heterocycles. The first-order chi connectivity index (χ1) is 16.6. The van der Waals surface area contributed by atoms with Crippen molar-refractivity contribution in [2.75, 3.05) is 26.2 Å². The van der Waals surface area contributed by atoms with Gasteiger partial charge in [-0.05, 0) is 42.0 Å². The van der Waals surface area contributed by atoms with Crippen LogP contribution in [-0.4, -0.2) is 51.7 Å². The lowest BCUT2D eigenvalue weighted by Gasteiger charge is -2.34. The van der Waals surface area contributed by atoms with E-state index in [1.54, 1.807) is 47.1 Å². The van der Waals surface area contributed by atoms with Gasteiger partial charge in [-0.1, -0.05) is 60.1 Å². The van der Waals surface area contributed by atoms with Crippen LogP contribution in [0.3, 0.4) is 0 Å². The summed E-state index contributed by atoms with van der Waals surface area (Å²) in [4.78, 5) is 17.8. The van der Waals surface area contributed by atoms with E-state index in [0.717, 1.165) is 19.6 Å². The van der Waals surface area contributed by atoms with Crippen LogP contribution >= 0.6 is 11.6 Å². The molecule has 1 saturated heterocycles. The van der Waals surface area contributed by atoms with E-state index in [0.29, 0.717) is 40.8 Å². The first-order valence-electron chi connectivity index (χ1n) is 11.2. The number of hydrogen-bond acceptors (Lipinski definition) is 3. The van der Waals surface area contributed by atoms with Crippen LogP contribution in [-0.2, 0) is 6.54 Å². The van der Waals surface area contributed by atoms with Crippen LogP contribution in [0.15, 0.2) is 84.9 Å². The third-order valence-corrected chi connectivity index (χ3v) is 6.27. The van der Waals surface area contributed by atoms with E-state index in [1.807, 2.05) is 29.2 Å². The summed E-state index contributed by atoms with van der Waals surface area (Å²) in [6.07, 6.45) is 0. The molecule has 1 fully saturated rings. The number of rotatable bonds is 5. The van der Waals surface area contributed by atoms with E-state index in [9.17, 15) is 9.18 Å². The Hall–Kier alpha value is -3.48. The van der Waals surface area contributed by atoms with E-state index in [-0.39, 0.29) is 11.7 Å². The van der Waals surface area contributed by atoms with Gasteiger partial charge < -0.3 is 4.90 Å². The maximum Gasteiger partial charge on any atom is 0.272 e. The molecule has 0 aliphatic carbocycles. The number of benzene rings is 3. The molecular formula is C27H24ClFN4O. The van der Waals surface area contributed by atoms with Crippen LogP contribution in [0.4, 0.5) is 4.39 Å². The van der Waals surface area contributed by atoms with Gasteiger partial charge in [-0.3, -0.25) is 9.69 Å². The molecule has 0 radical (unpaired) electrons. The second kappa shape index (κ2) is 9.79. The van der Waals surface area contributed by atoms with Gasteiger partial charge in [-0.15, -0.1) is 0 Å². The Bertz CT molecular complexity index is 1300. The van der Waals surface area contributed by atoms with Crippen molar-refractivity contribution < 1.29 is 9.18 Å². The molecule has 7 heteroatoms. The van der Waals surface area contributed by atoms with Crippen LogP contribution in [0.2, 0.25) is 5.02 Å². The van der Waals surface area contributed by atoms with Crippen molar-refractivity contribution in [3.63, 3.8) is 0 Å². The fourth-order valence-corrected chi connectivity index (χ4v) is 4.44. The van der Waals surface area contributed by atoms with Crippen molar-refractivity contribution in [1.82, 2.24) is 19.6 Å². The lowest BCUT2D eigenvalue weighted by Crippen LogP contribution is -2.48.